The normalized spacial score (nSPS) is 14.3. The summed E-state index contributed by atoms with van der Waals surface area (Å²) in [5.41, 5.74) is -2.18. The molecule has 0 atom stereocenters. The zero-order valence-electron chi connectivity index (χ0n) is 32.0. The van der Waals surface area contributed by atoms with Crippen LogP contribution < -0.4 is 26.0 Å². The van der Waals surface area contributed by atoms with E-state index >= 15 is 0 Å². The summed E-state index contributed by atoms with van der Waals surface area (Å²) in [4.78, 5) is 54.8. The summed E-state index contributed by atoms with van der Waals surface area (Å²) in [6, 6.07) is 14.7. The number of amides is 4. The number of carbonyl (C=O) groups is 4. The minimum atomic E-state index is -5.28. The molecule has 0 aromatic heterocycles. The van der Waals surface area contributed by atoms with Crippen molar-refractivity contribution in [1.82, 2.24) is 0 Å². The molecule has 0 saturated carbocycles. The van der Waals surface area contributed by atoms with E-state index in [0.29, 0.717) is 46.2 Å². The monoisotopic (exact) mass is 914 g/mol. The summed E-state index contributed by atoms with van der Waals surface area (Å²) in [6.45, 7) is 0. The number of fused-ring (bicyclic) bond motifs is 2. The van der Waals surface area contributed by atoms with Crippen molar-refractivity contribution in [2.45, 2.75) is 24.7 Å². The number of nitrogen functional groups attached to an aromatic ring is 2. The van der Waals surface area contributed by atoms with Crippen molar-refractivity contribution in [3.8, 4) is 33.8 Å². The highest BCUT2D eigenvalue weighted by molar-refractivity contribution is 6.35. The third-order valence-electron chi connectivity index (χ3n) is 10.4. The van der Waals surface area contributed by atoms with Gasteiger partial charge in [-0.25, -0.2) is 9.80 Å². The maximum atomic E-state index is 14.4. The number of carbonyl (C=O) groups excluding carboxylic acids is 4. The molecule has 0 unspecified atom stereocenters. The average molecular weight is 915 g/mol. The predicted molar refractivity (Wildman–Crippen MR) is 208 cm³/mol. The quantitative estimate of drug-likeness (QED) is 0.0964. The lowest BCUT2D eigenvalue weighted by atomic mass is 9.93. The van der Waals surface area contributed by atoms with Crippen LogP contribution >= 0.6 is 0 Å². The van der Waals surface area contributed by atoms with E-state index in [2.05, 4.69) is 0 Å². The Morgan fingerprint density at radius 1 is 0.338 bits per heavy atom. The molecule has 6 aromatic rings. The van der Waals surface area contributed by atoms with Gasteiger partial charge in [0.1, 0.15) is 11.5 Å². The molecule has 8 rings (SSSR count). The summed E-state index contributed by atoms with van der Waals surface area (Å²) in [6.07, 6.45) is -20.8. The van der Waals surface area contributed by atoms with Gasteiger partial charge >= 0.3 is 24.7 Å². The van der Waals surface area contributed by atoms with Gasteiger partial charge in [0.2, 0.25) is 0 Å². The molecule has 4 amide bonds. The third kappa shape index (κ3) is 7.71. The fourth-order valence-corrected chi connectivity index (χ4v) is 7.52. The molecule has 0 radical (unpaired) electrons. The van der Waals surface area contributed by atoms with E-state index < -0.39 is 104 Å². The highest BCUT2D eigenvalue weighted by Crippen LogP contribution is 2.47. The number of nitrogens with two attached hydrogens (primary N) is 2. The van der Waals surface area contributed by atoms with Crippen LogP contribution in [0, 0.1) is 0 Å². The van der Waals surface area contributed by atoms with E-state index in [-0.39, 0.29) is 45.1 Å². The number of ether oxygens (including phenoxy) is 1. The van der Waals surface area contributed by atoms with Crippen LogP contribution in [0.4, 0.5) is 75.4 Å². The summed E-state index contributed by atoms with van der Waals surface area (Å²) >= 11 is 0. The van der Waals surface area contributed by atoms with Crippen molar-refractivity contribution < 1.29 is 76.6 Å². The van der Waals surface area contributed by atoms with E-state index in [4.69, 9.17) is 16.2 Å². The molecule has 2 aliphatic heterocycles. The predicted octanol–water partition coefficient (Wildman–Crippen LogP) is 11.7. The van der Waals surface area contributed by atoms with Crippen LogP contribution in [0.5, 0.6) is 11.5 Å². The van der Waals surface area contributed by atoms with E-state index in [0.717, 1.165) is 72.8 Å². The molecule has 4 N–H and O–H groups in total. The van der Waals surface area contributed by atoms with Gasteiger partial charge in [-0.2, -0.15) is 52.7 Å². The lowest BCUT2D eigenvalue weighted by Gasteiger charge is -2.21. The lowest BCUT2D eigenvalue weighted by molar-refractivity contribution is -0.139. The Hall–Kier alpha value is -7.84. The highest BCUT2D eigenvalue weighted by atomic mass is 19.4. The van der Waals surface area contributed by atoms with Crippen LogP contribution in [-0.2, 0) is 24.7 Å². The number of benzene rings is 6. The number of alkyl halides is 12. The Bertz CT molecular complexity index is 2850. The largest absolute Gasteiger partial charge is 0.457 e. The minimum Gasteiger partial charge on any atom is -0.457 e. The van der Waals surface area contributed by atoms with E-state index in [1.807, 2.05) is 0 Å². The Morgan fingerprint density at radius 3 is 0.938 bits per heavy atom. The van der Waals surface area contributed by atoms with Gasteiger partial charge in [-0.05, 0) is 107 Å². The molecule has 2 heterocycles. The summed E-state index contributed by atoms with van der Waals surface area (Å²) in [5, 5.41) is 0. The minimum absolute atomic E-state index is 0.194. The van der Waals surface area contributed by atoms with Crippen molar-refractivity contribution in [2.24, 2.45) is 0 Å². The van der Waals surface area contributed by atoms with Gasteiger partial charge in [0.15, 0.2) is 0 Å². The van der Waals surface area contributed by atoms with Crippen LogP contribution in [-0.4, -0.2) is 23.6 Å². The first-order chi connectivity index (χ1) is 30.2. The maximum Gasteiger partial charge on any atom is 0.417 e. The second-order valence-electron chi connectivity index (χ2n) is 14.5. The Morgan fingerprint density at radius 2 is 0.615 bits per heavy atom. The lowest BCUT2D eigenvalue weighted by Crippen LogP contribution is -2.29. The number of halogens is 12. The summed E-state index contributed by atoms with van der Waals surface area (Å²) in [5.74, 6) is -4.89. The van der Waals surface area contributed by atoms with Gasteiger partial charge in [0, 0.05) is 11.4 Å². The van der Waals surface area contributed by atoms with Crippen molar-refractivity contribution >= 4 is 46.4 Å². The summed E-state index contributed by atoms with van der Waals surface area (Å²) in [7, 11) is 0. The highest BCUT2D eigenvalue weighted by Gasteiger charge is 2.44. The standard InChI is InChI=1S/C44H22F12N4O5/c45-41(46,47)33-13-19(57)1-7-25(33)27-9-3-21(15-35(27)43(51,52)53)59-37(61)29-11-5-23(17-31(29)39(59)63)65-24-6-12-30-32(18-24)40(64)60(38(30)62)22-4-10-28(36(16-22)44(54,55)56)26-8-2-20(58)14-34(26)42(48,49)50/h1-18H,57-58H2. The molecule has 332 valence electrons. The van der Waals surface area contributed by atoms with Crippen LogP contribution in [0.25, 0.3) is 22.3 Å². The van der Waals surface area contributed by atoms with Crippen LogP contribution in [0.15, 0.2) is 109 Å². The van der Waals surface area contributed by atoms with E-state index in [1.54, 1.807) is 0 Å². The van der Waals surface area contributed by atoms with Crippen molar-refractivity contribution in [3.05, 3.63) is 154 Å². The molecule has 0 saturated heterocycles. The first-order valence-corrected chi connectivity index (χ1v) is 18.3. The molecule has 2 aliphatic rings. The fraction of sp³-hybridized carbons (Fsp3) is 0.0909. The summed E-state index contributed by atoms with van der Waals surface area (Å²) < 4.78 is 176. The molecule has 65 heavy (non-hydrogen) atoms. The van der Waals surface area contributed by atoms with Crippen molar-refractivity contribution in [2.75, 3.05) is 21.3 Å². The topological polar surface area (TPSA) is 136 Å². The molecule has 0 spiro atoms. The van der Waals surface area contributed by atoms with Gasteiger partial charge in [0.05, 0.1) is 55.9 Å². The average Bonchev–Trinajstić information content (AvgIpc) is 3.61. The van der Waals surface area contributed by atoms with Crippen molar-refractivity contribution in [1.29, 1.82) is 0 Å². The number of imide groups is 2. The zero-order chi connectivity index (χ0) is 47.3. The van der Waals surface area contributed by atoms with Gasteiger partial charge in [0.25, 0.3) is 23.6 Å². The molecule has 6 aromatic carbocycles. The van der Waals surface area contributed by atoms with Crippen molar-refractivity contribution in [3.63, 3.8) is 0 Å². The van der Waals surface area contributed by atoms with Crippen LogP contribution in [0.1, 0.15) is 63.7 Å². The first-order valence-electron chi connectivity index (χ1n) is 18.3. The van der Waals surface area contributed by atoms with E-state index in [1.165, 1.54) is 0 Å². The van der Waals surface area contributed by atoms with Crippen LogP contribution in [0.3, 0.4) is 0 Å². The Labute approximate surface area is 356 Å². The zero-order valence-corrected chi connectivity index (χ0v) is 32.0. The number of rotatable bonds is 6. The molecule has 0 aliphatic carbocycles. The number of hydrogen-bond acceptors (Lipinski definition) is 7. The number of nitrogens with zero attached hydrogens (tertiary/aromatic N) is 2. The van der Waals surface area contributed by atoms with Crippen LogP contribution in [0.2, 0.25) is 0 Å². The van der Waals surface area contributed by atoms with Gasteiger partial charge < -0.3 is 16.2 Å². The van der Waals surface area contributed by atoms with E-state index in [9.17, 15) is 71.9 Å². The Kier molecular flexibility index (Phi) is 10.0. The molecular formula is C44H22F12N4O5. The second-order valence-corrected chi connectivity index (χ2v) is 14.5. The van der Waals surface area contributed by atoms with Gasteiger partial charge in [-0.3, -0.25) is 19.2 Å². The second kappa shape index (κ2) is 14.9. The molecule has 0 fully saturated rings. The number of hydrogen-bond donors (Lipinski definition) is 2. The van der Waals surface area contributed by atoms with Gasteiger partial charge in [-0.15, -0.1) is 0 Å². The molecule has 0 bridgehead atoms. The smallest absolute Gasteiger partial charge is 0.417 e. The third-order valence-corrected chi connectivity index (χ3v) is 10.4. The molecule has 9 nitrogen and oxygen atoms in total. The van der Waals surface area contributed by atoms with Gasteiger partial charge in [-0.1, -0.05) is 24.3 Å². The fourth-order valence-electron chi connectivity index (χ4n) is 7.52. The molecule has 21 heteroatoms. The first kappa shape index (κ1) is 43.8. The number of anilines is 4. The molecular weight excluding hydrogens is 892 g/mol. The Balaban J connectivity index is 1.07. The SMILES string of the molecule is Nc1ccc(-c2ccc(N3C(=O)c4ccc(Oc5ccc6c(c5)C(=O)N(c5ccc(-c7ccc(N)cc7C(F)(F)F)c(C(F)(F)F)c5)C6=O)cc4C3=O)cc2C(F)(F)F)c(C(F)(F)F)c1. The maximum absolute atomic E-state index is 14.4.